The van der Waals surface area contributed by atoms with Gasteiger partial charge in [0.2, 0.25) is 0 Å². The van der Waals surface area contributed by atoms with E-state index < -0.39 is 6.10 Å². The van der Waals surface area contributed by atoms with Crippen molar-refractivity contribution < 1.29 is 5.11 Å². The minimum Gasteiger partial charge on any atom is -0.391 e. The first kappa shape index (κ1) is 72.0. The number of allylic oxidation sites excluding steroid dienone is 3. The Labute approximate surface area is 468 Å². The highest BCUT2D eigenvalue weighted by Crippen LogP contribution is 2.23. The van der Waals surface area contributed by atoms with Crippen LogP contribution in [0.5, 0.6) is 0 Å². The lowest BCUT2D eigenvalue weighted by Crippen LogP contribution is -2.57. The van der Waals surface area contributed by atoms with Crippen LogP contribution in [0.1, 0.15) is 149 Å². The van der Waals surface area contributed by atoms with Crippen molar-refractivity contribution in [2.75, 3.05) is 128 Å². The topological polar surface area (TPSA) is 91.0 Å². The van der Waals surface area contributed by atoms with Crippen molar-refractivity contribution in [2.24, 2.45) is 41.4 Å². The summed E-state index contributed by atoms with van der Waals surface area (Å²) >= 11 is 0. The number of rotatable bonds is 16. The molecular formula is C63H133N11O. The van der Waals surface area contributed by atoms with E-state index >= 15 is 0 Å². The predicted molar refractivity (Wildman–Crippen MR) is 331 cm³/mol. The Bertz CT molecular complexity index is 1440. The molecule has 0 aliphatic carbocycles. The molecule has 0 amide bonds. The number of nitrogens with zero attached hydrogens (tertiary/aromatic N) is 7. The van der Waals surface area contributed by atoms with E-state index in [1.54, 1.807) is 0 Å². The summed E-state index contributed by atoms with van der Waals surface area (Å²) in [5, 5.41) is 28.4. The van der Waals surface area contributed by atoms with Gasteiger partial charge in [0.15, 0.2) is 0 Å². The minimum absolute atomic E-state index is 0.0340. The van der Waals surface area contributed by atoms with E-state index in [0.29, 0.717) is 89.9 Å². The highest BCUT2D eigenvalue weighted by Gasteiger charge is 2.34. The lowest BCUT2D eigenvalue weighted by atomic mass is 9.92. The number of hydrogen-bond acceptors (Lipinski definition) is 12. The van der Waals surface area contributed by atoms with Crippen molar-refractivity contribution in [2.45, 2.75) is 216 Å². The van der Waals surface area contributed by atoms with Gasteiger partial charge in [-0.25, -0.2) is 0 Å². The van der Waals surface area contributed by atoms with E-state index in [0.717, 1.165) is 97.8 Å². The first-order chi connectivity index (χ1) is 35.1. The van der Waals surface area contributed by atoms with Gasteiger partial charge in [-0.2, -0.15) is 0 Å². The Morgan fingerprint density at radius 1 is 0.493 bits per heavy atom. The standard InChI is InChI=1S/C63H133N11O/c1-25-27-28-29-52(15)63(75)61-39-66-55(26-2)41-68(18)30-31-69(19)56(32-46(3)4)38-67-60(50(11)12)44-72(22)57(33-47(5)6)37-65-53(16)36-64-54(17)40-70(20)58(34-48(7)8)42-71(21)59(35-49(9)10)43-73(23)62(51(13)14)45-74(61)24/h25,27-28,46-67,75H,1,26,29-45H2,2-24H3/b28-27+/t52-,53+,54-,55+,56+,57+,58+,59+,60-,61+,62-,63-/m1/s1. The second kappa shape index (κ2) is 38.6. The third kappa shape index (κ3) is 29.9. The zero-order valence-corrected chi connectivity index (χ0v) is 54.1. The third-order valence-electron chi connectivity index (χ3n) is 17.0. The smallest absolute Gasteiger partial charge is 0.0736 e. The molecule has 446 valence electrons. The van der Waals surface area contributed by atoms with Crippen molar-refractivity contribution in [3.05, 3.63) is 24.8 Å². The van der Waals surface area contributed by atoms with Gasteiger partial charge in [-0.15, -0.1) is 0 Å². The number of hydrogen-bond donors (Lipinski definition) is 5. The van der Waals surface area contributed by atoms with E-state index in [1.807, 2.05) is 12.2 Å². The second-order valence-electron chi connectivity index (χ2n) is 27.2. The molecule has 0 unspecified atom stereocenters. The summed E-state index contributed by atoms with van der Waals surface area (Å²) in [4.78, 5) is 18.3. The highest BCUT2D eigenvalue weighted by atomic mass is 16.3. The van der Waals surface area contributed by atoms with E-state index in [1.165, 1.54) is 19.3 Å². The van der Waals surface area contributed by atoms with Crippen LogP contribution in [0.15, 0.2) is 24.8 Å². The van der Waals surface area contributed by atoms with E-state index in [2.05, 4.69) is 228 Å². The van der Waals surface area contributed by atoms with E-state index in [9.17, 15) is 5.11 Å². The highest BCUT2D eigenvalue weighted by molar-refractivity contribution is 4.99. The first-order valence-electron chi connectivity index (χ1n) is 30.9. The van der Waals surface area contributed by atoms with Crippen LogP contribution in [0.25, 0.3) is 0 Å². The zero-order valence-electron chi connectivity index (χ0n) is 54.1. The molecule has 1 saturated heterocycles. The SMILES string of the molecule is C=C/C=C/C[C@@H](C)[C@@H](O)[C@@H]1CN[C@@H](CC)CN(C)CCN(C)[C@@H](CC(C)C)CN[C@@H](C(C)C)CN(C)[C@@H](CC(C)C)CN[C@@H](C)CN[C@H](C)CN(C)[C@@H](CC(C)C)CN(C)[C@@H](CC(C)C)CN(C)[C@@H](C(C)C)CN1C. The van der Waals surface area contributed by atoms with Gasteiger partial charge < -0.3 is 55.8 Å². The predicted octanol–water partition coefficient (Wildman–Crippen LogP) is 8.64. The van der Waals surface area contributed by atoms with Crippen molar-refractivity contribution in [3.63, 3.8) is 0 Å². The van der Waals surface area contributed by atoms with Crippen molar-refractivity contribution >= 4 is 0 Å². The summed E-state index contributed by atoms with van der Waals surface area (Å²) < 4.78 is 0. The molecule has 0 radical (unpaired) electrons. The molecule has 0 spiro atoms. The number of nitrogens with one attached hydrogen (secondary N) is 4. The molecule has 0 bridgehead atoms. The lowest BCUT2D eigenvalue weighted by Gasteiger charge is -2.43. The monoisotopic (exact) mass is 1060 g/mol. The fourth-order valence-corrected chi connectivity index (χ4v) is 11.8. The van der Waals surface area contributed by atoms with Crippen LogP contribution >= 0.6 is 0 Å². The van der Waals surface area contributed by atoms with Crippen molar-refractivity contribution in [1.29, 1.82) is 0 Å². The van der Waals surface area contributed by atoms with Gasteiger partial charge in [-0.3, -0.25) is 4.90 Å². The molecule has 0 aromatic rings. The van der Waals surface area contributed by atoms with Gasteiger partial charge in [0.05, 0.1) is 6.10 Å². The molecule has 12 atom stereocenters. The molecule has 1 aliphatic rings. The number of aliphatic hydroxyl groups excluding tert-OH is 1. The van der Waals surface area contributed by atoms with Gasteiger partial charge in [0.1, 0.15) is 0 Å². The summed E-state index contributed by atoms with van der Waals surface area (Å²) in [5.41, 5.74) is 0. The fourth-order valence-electron chi connectivity index (χ4n) is 11.8. The Hall–Kier alpha value is -1.00. The molecule has 0 saturated carbocycles. The van der Waals surface area contributed by atoms with Crippen molar-refractivity contribution in [1.82, 2.24) is 55.6 Å². The van der Waals surface area contributed by atoms with Crippen LogP contribution in [0.2, 0.25) is 0 Å². The van der Waals surface area contributed by atoms with Crippen molar-refractivity contribution in [3.8, 4) is 0 Å². The van der Waals surface area contributed by atoms with E-state index in [-0.39, 0.29) is 12.0 Å². The minimum atomic E-state index is -0.484. The summed E-state index contributed by atoms with van der Waals surface area (Å²) in [7, 11) is 16.4. The quantitative estimate of drug-likeness (QED) is 0.0960. The van der Waals surface area contributed by atoms with Crippen LogP contribution in [0, 0.1) is 41.4 Å². The molecule has 12 heteroatoms. The largest absolute Gasteiger partial charge is 0.391 e. The molecule has 1 fully saturated rings. The Morgan fingerprint density at radius 3 is 1.49 bits per heavy atom. The first-order valence-corrected chi connectivity index (χ1v) is 30.9. The maximum Gasteiger partial charge on any atom is 0.0736 e. The summed E-state index contributed by atoms with van der Waals surface area (Å²) in [5.74, 6) is 3.56. The summed E-state index contributed by atoms with van der Waals surface area (Å²) in [6.07, 6.45) is 12.1. The van der Waals surface area contributed by atoms with Gasteiger partial charge in [0, 0.05) is 139 Å². The van der Waals surface area contributed by atoms with Crippen LogP contribution in [0.3, 0.4) is 0 Å². The molecule has 5 N–H and O–H groups in total. The van der Waals surface area contributed by atoms with Gasteiger partial charge in [-0.1, -0.05) is 122 Å². The third-order valence-corrected chi connectivity index (χ3v) is 17.0. The maximum atomic E-state index is 12.3. The van der Waals surface area contributed by atoms with Gasteiger partial charge in [-0.05, 0) is 143 Å². The Kier molecular flexibility index (Phi) is 37.1. The Morgan fingerprint density at radius 2 is 0.973 bits per heavy atom. The number of aliphatic hydroxyl groups is 1. The molecule has 0 aromatic carbocycles. The zero-order chi connectivity index (χ0) is 57.1. The molecule has 0 aromatic heterocycles. The van der Waals surface area contributed by atoms with Crippen LogP contribution in [-0.2, 0) is 0 Å². The van der Waals surface area contributed by atoms with Crippen LogP contribution < -0.4 is 21.3 Å². The van der Waals surface area contributed by atoms with Crippen LogP contribution in [0.4, 0.5) is 0 Å². The molecule has 12 nitrogen and oxygen atoms in total. The molecule has 1 aliphatic heterocycles. The average molecular weight is 1060 g/mol. The number of likely N-dealkylation sites (N-methyl/N-ethyl adjacent to an activating group) is 7. The fraction of sp³-hybridized carbons (Fsp3) is 0.937. The molecule has 1 heterocycles. The Balaban J connectivity index is 3.74. The average Bonchev–Trinajstić information content (AvgIpc) is 3.31. The molecule has 1 rings (SSSR count). The van der Waals surface area contributed by atoms with E-state index in [4.69, 9.17) is 0 Å². The lowest BCUT2D eigenvalue weighted by molar-refractivity contribution is 0.00663. The molecule has 75 heavy (non-hydrogen) atoms. The summed E-state index contributed by atoms with van der Waals surface area (Å²) in [6.45, 7) is 53.6. The normalized spacial score (nSPS) is 30.6. The summed E-state index contributed by atoms with van der Waals surface area (Å²) in [6, 6.07) is 3.60. The second-order valence-corrected chi connectivity index (χ2v) is 27.2. The maximum absolute atomic E-state index is 12.3. The van der Waals surface area contributed by atoms with Gasteiger partial charge >= 0.3 is 0 Å². The van der Waals surface area contributed by atoms with Gasteiger partial charge in [0.25, 0.3) is 0 Å². The van der Waals surface area contributed by atoms with Crippen LogP contribution in [-0.4, -0.2) is 234 Å². The molecular weight excluding hydrogens is 927 g/mol.